The molecule has 0 spiro atoms. The third-order valence-corrected chi connectivity index (χ3v) is 3.02. The zero-order chi connectivity index (χ0) is 16.4. The van der Waals surface area contributed by atoms with Gasteiger partial charge in [0.1, 0.15) is 0 Å². The molecule has 2 aromatic rings. The Hall–Kier alpha value is -2.61. The molecule has 5 nitrogen and oxygen atoms in total. The van der Waals surface area contributed by atoms with E-state index in [4.69, 9.17) is 11.6 Å². The Balaban J connectivity index is 2.46. The van der Waals surface area contributed by atoms with Gasteiger partial charge >= 0.3 is 5.69 Å². The van der Waals surface area contributed by atoms with E-state index >= 15 is 0 Å². The molecule has 2 rings (SSSR count). The van der Waals surface area contributed by atoms with Gasteiger partial charge < -0.3 is 5.32 Å². The van der Waals surface area contributed by atoms with Crippen LogP contribution in [0.15, 0.2) is 30.3 Å². The molecule has 0 bridgehead atoms. The minimum Gasteiger partial charge on any atom is -0.321 e. The number of carbonyl (C=O) groups is 1. The highest BCUT2D eigenvalue weighted by atomic mass is 35.5. The van der Waals surface area contributed by atoms with Crippen LogP contribution in [0.25, 0.3) is 0 Å². The molecule has 0 unspecified atom stereocenters. The van der Waals surface area contributed by atoms with Crippen LogP contribution in [-0.2, 0) is 0 Å². The summed E-state index contributed by atoms with van der Waals surface area (Å²) >= 11 is 5.78. The van der Waals surface area contributed by atoms with E-state index in [9.17, 15) is 28.1 Å². The lowest BCUT2D eigenvalue weighted by Crippen LogP contribution is -2.16. The summed E-state index contributed by atoms with van der Waals surface area (Å²) in [6.07, 6.45) is 0. The molecule has 1 amide bonds. The lowest BCUT2D eigenvalue weighted by molar-refractivity contribution is -0.387. The molecule has 0 aromatic heterocycles. The van der Waals surface area contributed by atoms with Crippen LogP contribution in [0, 0.1) is 27.6 Å². The predicted molar refractivity (Wildman–Crippen MR) is 72.4 cm³/mol. The van der Waals surface area contributed by atoms with Gasteiger partial charge in [0.2, 0.25) is 11.6 Å². The van der Waals surface area contributed by atoms with Crippen molar-refractivity contribution in [2.75, 3.05) is 5.32 Å². The molecule has 0 aliphatic rings. The molecule has 0 fully saturated rings. The van der Waals surface area contributed by atoms with Gasteiger partial charge in [0, 0.05) is 6.07 Å². The first-order chi connectivity index (χ1) is 10.3. The van der Waals surface area contributed by atoms with Crippen LogP contribution in [0.3, 0.4) is 0 Å². The van der Waals surface area contributed by atoms with Crippen LogP contribution in [0.1, 0.15) is 10.4 Å². The number of rotatable bonds is 3. The van der Waals surface area contributed by atoms with Crippen LogP contribution >= 0.6 is 11.6 Å². The number of carbonyl (C=O) groups excluding carboxylic acids is 1. The van der Waals surface area contributed by atoms with E-state index in [2.05, 4.69) is 5.32 Å². The molecule has 1 N–H and O–H groups in total. The molecule has 114 valence electrons. The molecule has 0 heterocycles. The summed E-state index contributed by atoms with van der Waals surface area (Å²) in [5, 5.41) is 12.9. The predicted octanol–water partition coefficient (Wildman–Crippen LogP) is 3.92. The van der Waals surface area contributed by atoms with Gasteiger partial charge in [-0.25, -0.2) is 8.78 Å². The lowest BCUT2D eigenvalue weighted by atomic mass is 10.1. The Labute approximate surface area is 126 Å². The molecule has 0 radical (unpaired) electrons. The number of nitrogens with zero attached hydrogens (tertiary/aromatic N) is 1. The molecule has 0 aliphatic carbocycles. The number of anilines is 1. The average molecular weight is 331 g/mol. The maximum absolute atomic E-state index is 13.6. The van der Waals surface area contributed by atoms with E-state index < -0.39 is 39.5 Å². The first-order valence-electron chi connectivity index (χ1n) is 5.70. The average Bonchev–Trinajstić information content (AvgIpc) is 2.47. The van der Waals surface area contributed by atoms with Gasteiger partial charge in [-0.15, -0.1) is 0 Å². The molecule has 0 saturated carbocycles. The zero-order valence-corrected chi connectivity index (χ0v) is 11.3. The highest BCUT2D eigenvalue weighted by Gasteiger charge is 2.28. The number of para-hydroxylation sites is 1. The van der Waals surface area contributed by atoms with Crippen molar-refractivity contribution in [2.45, 2.75) is 0 Å². The molecular weight excluding hydrogens is 325 g/mol. The maximum Gasteiger partial charge on any atom is 0.308 e. The van der Waals surface area contributed by atoms with E-state index in [0.29, 0.717) is 6.07 Å². The Morgan fingerprint density at radius 3 is 2.36 bits per heavy atom. The van der Waals surface area contributed by atoms with Crippen LogP contribution in [0.2, 0.25) is 5.02 Å². The molecule has 0 atom stereocenters. The van der Waals surface area contributed by atoms with Crippen molar-refractivity contribution in [1.29, 1.82) is 0 Å². The largest absolute Gasteiger partial charge is 0.321 e. The number of amides is 1. The number of nitro benzene ring substituents is 1. The summed E-state index contributed by atoms with van der Waals surface area (Å²) in [4.78, 5) is 21.2. The Bertz CT molecular complexity index is 783. The van der Waals surface area contributed by atoms with Gasteiger partial charge in [-0.05, 0) is 12.1 Å². The fourth-order valence-corrected chi connectivity index (χ4v) is 1.82. The van der Waals surface area contributed by atoms with Crippen molar-refractivity contribution >= 4 is 28.9 Å². The van der Waals surface area contributed by atoms with Gasteiger partial charge in [0.25, 0.3) is 5.91 Å². The number of nitrogens with one attached hydrogen (secondary N) is 1. The molecule has 2 aromatic carbocycles. The highest BCUT2D eigenvalue weighted by molar-refractivity contribution is 6.33. The number of hydrogen-bond donors (Lipinski definition) is 1. The van der Waals surface area contributed by atoms with Crippen LogP contribution in [0.5, 0.6) is 0 Å². The van der Waals surface area contributed by atoms with E-state index in [1.165, 1.54) is 18.2 Å². The topological polar surface area (TPSA) is 72.2 Å². The zero-order valence-electron chi connectivity index (χ0n) is 10.6. The normalized spacial score (nSPS) is 10.4. The molecular formula is C13H6ClF3N2O3. The summed E-state index contributed by atoms with van der Waals surface area (Å²) in [6, 6.07) is 6.22. The van der Waals surface area contributed by atoms with Crippen LogP contribution in [0.4, 0.5) is 24.5 Å². The second-order valence-electron chi connectivity index (χ2n) is 4.08. The van der Waals surface area contributed by atoms with Crippen LogP contribution < -0.4 is 5.32 Å². The first kappa shape index (κ1) is 15.8. The molecule has 0 saturated heterocycles. The summed E-state index contributed by atoms with van der Waals surface area (Å²) in [6.45, 7) is 0. The number of benzene rings is 2. The van der Waals surface area contributed by atoms with Crippen molar-refractivity contribution in [2.24, 2.45) is 0 Å². The summed E-state index contributed by atoms with van der Waals surface area (Å²) in [5.41, 5.74) is -2.27. The lowest BCUT2D eigenvalue weighted by Gasteiger charge is -2.08. The second kappa shape index (κ2) is 6.02. The monoisotopic (exact) mass is 330 g/mol. The first-order valence-corrected chi connectivity index (χ1v) is 6.08. The second-order valence-corrected chi connectivity index (χ2v) is 4.48. The molecule has 0 aliphatic heterocycles. The van der Waals surface area contributed by atoms with Gasteiger partial charge in [0.05, 0.1) is 21.2 Å². The molecule has 22 heavy (non-hydrogen) atoms. The van der Waals surface area contributed by atoms with Crippen molar-refractivity contribution in [3.05, 3.63) is 68.5 Å². The van der Waals surface area contributed by atoms with E-state index in [-0.39, 0.29) is 10.7 Å². The van der Waals surface area contributed by atoms with E-state index in [0.717, 1.165) is 0 Å². The summed E-state index contributed by atoms with van der Waals surface area (Å²) in [7, 11) is 0. The van der Waals surface area contributed by atoms with E-state index in [1.54, 1.807) is 6.07 Å². The summed E-state index contributed by atoms with van der Waals surface area (Å²) in [5.74, 6) is -7.10. The highest BCUT2D eigenvalue weighted by Crippen LogP contribution is 2.27. The third-order valence-electron chi connectivity index (χ3n) is 2.69. The summed E-state index contributed by atoms with van der Waals surface area (Å²) < 4.78 is 40.2. The van der Waals surface area contributed by atoms with Crippen molar-refractivity contribution < 1.29 is 22.9 Å². The van der Waals surface area contributed by atoms with E-state index in [1.807, 2.05) is 0 Å². The maximum atomic E-state index is 13.6. The number of nitro groups is 1. The minimum atomic E-state index is -2.10. The Morgan fingerprint density at radius 1 is 1.14 bits per heavy atom. The fraction of sp³-hybridized carbons (Fsp3) is 0. The Kier molecular flexibility index (Phi) is 4.32. The number of hydrogen-bond acceptors (Lipinski definition) is 3. The van der Waals surface area contributed by atoms with Gasteiger partial charge in [0.15, 0.2) is 5.82 Å². The van der Waals surface area contributed by atoms with Crippen LogP contribution in [-0.4, -0.2) is 10.8 Å². The third kappa shape index (κ3) is 2.86. The van der Waals surface area contributed by atoms with Crippen molar-refractivity contribution in [1.82, 2.24) is 0 Å². The standard InChI is InChI=1S/C13H6ClF3N2O3/c14-7-3-1-2-4-8(7)18-13(20)6-5-9(19(21)22)11(16)12(17)10(6)15/h1-5H,(H,18,20). The Morgan fingerprint density at radius 2 is 1.77 bits per heavy atom. The minimum absolute atomic E-state index is 0.0842. The van der Waals surface area contributed by atoms with Gasteiger partial charge in [-0.1, -0.05) is 23.7 Å². The quantitative estimate of drug-likeness (QED) is 0.526. The van der Waals surface area contributed by atoms with Gasteiger partial charge in [-0.3, -0.25) is 14.9 Å². The molecule has 9 heteroatoms. The van der Waals surface area contributed by atoms with Crippen molar-refractivity contribution in [3.63, 3.8) is 0 Å². The fourth-order valence-electron chi connectivity index (χ4n) is 1.64. The van der Waals surface area contributed by atoms with Crippen molar-refractivity contribution in [3.8, 4) is 0 Å². The number of halogens is 4. The SMILES string of the molecule is O=C(Nc1ccccc1Cl)c1cc([N+](=O)[O-])c(F)c(F)c1F. The van der Waals surface area contributed by atoms with Gasteiger partial charge in [-0.2, -0.15) is 4.39 Å². The smallest absolute Gasteiger partial charge is 0.308 e.